The summed E-state index contributed by atoms with van der Waals surface area (Å²) < 4.78 is 0. The Morgan fingerprint density at radius 2 is 1.08 bits per heavy atom. The van der Waals surface area contributed by atoms with E-state index in [0.717, 1.165) is 25.7 Å². The van der Waals surface area contributed by atoms with Crippen molar-refractivity contribution in [1.29, 1.82) is 0 Å². The van der Waals surface area contributed by atoms with E-state index in [4.69, 9.17) is 0 Å². The standard InChI is InChI=1S/C21H37NO4/c1-6-17(23)14-22(15-18(24)7-2)16-19(25)12-10-8-9-11-13-20(26)21(3,4)5/h6-16H2,1-5H3. The van der Waals surface area contributed by atoms with E-state index in [1.165, 1.54) is 0 Å². The molecule has 26 heavy (non-hydrogen) atoms. The summed E-state index contributed by atoms with van der Waals surface area (Å²) in [5.41, 5.74) is -0.273. The molecule has 0 saturated carbocycles. The first-order valence-corrected chi connectivity index (χ1v) is 9.90. The Kier molecular flexibility index (Phi) is 12.2. The van der Waals surface area contributed by atoms with Gasteiger partial charge in [0.25, 0.3) is 0 Å². The summed E-state index contributed by atoms with van der Waals surface area (Å²) in [5.74, 6) is 0.449. The Morgan fingerprint density at radius 3 is 1.50 bits per heavy atom. The Bertz CT molecular complexity index is 459. The number of carbonyl (C=O) groups excluding carboxylic acids is 4. The number of ketones is 4. The lowest BCUT2D eigenvalue weighted by Gasteiger charge is -2.19. The van der Waals surface area contributed by atoms with Crippen LogP contribution in [0.15, 0.2) is 0 Å². The molecule has 0 unspecified atom stereocenters. The van der Waals surface area contributed by atoms with E-state index in [9.17, 15) is 19.2 Å². The summed E-state index contributed by atoms with van der Waals surface area (Å²) in [5, 5.41) is 0. The minimum Gasteiger partial charge on any atom is -0.299 e. The van der Waals surface area contributed by atoms with Crippen molar-refractivity contribution in [3.05, 3.63) is 0 Å². The summed E-state index contributed by atoms with van der Waals surface area (Å²) >= 11 is 0. The topological polar surface area (TPSA) is 71.5 Å². The van der Waals surface area contributed by atoms with Gasteiger partial charge in [-0.3, -0.25) is 24.1 Å². The van der Waals surface area contributed by atoms with Crippen LogP contribution in [0.25, 0.3) is 0 Å². The van der Waals surface area contributed by atoms with E-state index < -0.39 is 0 Å². The highest BCUT2D eigenvalue weighted by Crippen LogP contribution is 2.19. The molecule has 5 nitrogen and oxygen atoms in total. The molecule has 0 radical (unpaired) electrons. The van der Waals surface area contributed by atoms with Crippen molar-refractivity contribution in [3.8, 4) is 0 Å². The van der Waals surface area contributed by atoms with Gasteiger partial charge in [0.05, 0.1) is 19.6 Å². The van der Waals surface area contributed by atoms with Gasteiger partial charge in [0.2, 0.25) is 0 Å². The third-order valence-corrected chi connectivity index (χ3v) is 4.43. The molecule has 0 aliphatic rings. The zero-order valence-electron chi connectivity index (χ0n) is 17.4. The van der Waals surface area contributed by atoms with Gasteiger partial charge in [-0.25, -0.2) is 0 Å². The summed E-state index contributed by atoms with van der Waals surface area (Å²) in [4.78, 5) is 48.9. The minimum atomic E-state index is -0.273. The zero-order valence-corrected chi connectivity index (χ0v) is 17.4. The van der Waals surface area contributed by atoms with E-state index >= 15 is 0 Å². The Balaban J connectivity index is 4.10. The van der Waals surface area contributed by atoms with Gasteiger partial charge in [-0.2, -0.15) is 0 Å². The van der Waals surface area contributed by atoms with Gasteiger partial charge in [0, 0.05) is 31.1 Å². The molecule has 150 valence electrons. The third kappa shape index (κ3) is 12.1. The van der Waals surface area contributed by atoms with Crippen molar-refractivity contribution in [2.45, 2.75) is 86.0 Å². The Labute approximate surface area is 158 Å². The third-order valence-electron chi connectivity index (χ3n) is 4.43. The van der Waals surface area contributed by atoms with E-state index in [-0.39, 0.29) is 48.2 Å². The quantitative estimate of drug-likeness (QED) is 0.412. The second-order valence-corrected chi connectivity index (χ2v) is 8.06. The molecule has 0 aromatic heterocycles. The predicted octanol–water partition coefficient (Wildman–Crippen LogP) is 3.77. The summed E-state index contributed by atoms with van der Waals surface area (Å²) in [6, 6.07) is 0. The predicted molar refractivity (Wildman–Crippen MR) is 104 cm³/mol. The maximum absolute atomic E-state index is 12.1. The normalized spacial score (nSPS) is 11.6. The van der Waals surface area contributed by atoms with Crippen molar-refractivity contribution < 1.29 is 19.2 Å². The maximum atomic E-state index is 12.1. The van der Waals surface area contributed by atoms with E-state index in [1.807, 2.05) is 20.8 Å². The van der Waals surface area contributed by atoms with Crippen LogP contribution in [-0.4, -0.2) is 47.7 Å². The molecular formula is C21H37NO4. The molecule has 0 saturated heterocycles. The molecule has 0 spiro atoms. The molecule has 0 rings (SSSR count). The fourth-order valence-corrected chi connectivity index (χ4v) is 2.55. The largest absolute Gasteiger partial charge is 0.299 e. The summed E-state index contributed by atoms with van der Waals surface area (Å²) in [6.07, 6.45) is 5.42. The number of hydrogen-bond donors (Lipinski definition) is 0. The minimum absolute atomic E-state index is 0.0465. The summed E-state index contributed by atoms with van der Waals surface area (Å²) in [6.45, 7) is 9.89. The lowest BCUT2D eigenvalue weighted by molar-refractivity contribution is -0.127. The second kappa shape index (κ2) is 12.9. The average molecular weight is 368 g/mol. The monoisotopic (exact) mass is 367 g/mol. The molecule has 0 aliphatic carbocycles. The first-order valence-electron chi connectivity index (χ1n) is 9.90. The van der Waals surface area contributed by atoms with Crippen molar-refractivity contribution in [2.24, 2.45) is 5.41 Å². The highest BCUT2D eigenvalue weighted by molar-refractivity contribution is 5.86. The van der Waals surface area contributed by atoms with Crippen LogP contribution in [0.2, 0.25) is 0 Å². The van der Waals surface area contributed by atoms with Gasteiger partial charge in [0.1, 0.15) is 23.1 Å². The van der Waals surface area contributed by atoms with Crippen LogP contribution in [0.5, 0.6) is 0 Å². The molecular weight excluding hydrogens is 330 g/mol. The smallest absolute Gasteiger partial charge is 0.146 e. The molecule has 0 aromatic rings. The zero-order chi connectivity index (χ0) is 20.2. The van der Waals surface area contributed by atoms with Crippen molar-refractivity contribution >= 4 is 23.1 Å². The van der Waals surface area contributed by atoms with Crippen molar-refractivity contribution in [2.75, 3.05) is 19.6 Å². The van der Waals surface area contributed by atoms with E-state index in [2.05, 4.69) is 0 Å². The Hall–Kier alpha value is -1.36. The van der Waals surface area contributed by atoms with Crippen LogP contribution in [0.3, 0.4) is 0 Å². The highest BCUT2D eigenvalue weighted by Gasteiger charge is 2.20. The van der Waals surface area contributed by atoms with Gasteiger partial charge >= 0.3 is 0 Å². The van der Waals surface area contributed by atoms with Crippen molar-refractivity contribution in [1.82, 2.24) is 4.90 Å². The number of rotatable bonds is 15. The van der Waals surface area contributed by atoms with E-state index in [0.29, 0.717) is 25.7 Å². The van der Waals surface area contributed by atoms with Gasteiger partial charge < -0.3 is 0 Å². The highest BCUT2D eigenvalue weighted by atomic mass is 16.1. The number of Topliss-reactive ketones (excluding diaryl/α,β-unsaturated/α-hetero) is 4. The molecule has 0 aromatic carbocycles. The average Bonchev–Trinajstić information content (AvgIpc) is 2.56. The first-order chi connectivity index (χ1) is 12.1. The number of hydrogen-bond acceptors (Lipinski definition) is 5. The lowest BCUT2D eigenvalue weighted by atomic mass is 9.88. The van der Waals surface area contributed by atoms with Crippen LogP contribution < -0.4 is 0 Å². The fourth-order valence-electron chi connectivity index (χ4n) is 2.55. The van der Waals surface area contributed by atoms with Crippen LogP contribution in [-0.2, 0) is 19.2 Å². The van der Waals surface area contributed by atoms with Gasteiger partial charge in [-0.05, 0) is 12.8 Å². The molecule has 0 amide bonds. The molecule has 0 heterocycles. The molecule has 0 fully saturated rings. The Morgan fingerprint density at radius 1 is 0.654 bits per heavy atom. The molecule has 0 bridgehead atoms. The molecule has 5 heteroatoms. The summed E-state index contributed by atoms with van der Waals surface area (Å²) in [7, 11) is 0. The SMILES string of the molecule is CCC(=O)CN(CC(=O)CC)CC(=O)CCCCCCC(=O)C(C)(C)C. The van der Waals surface area contributed by atoms with Crippen molar-refractivity contribution in [3.63, 3.8) is 0 Å². The number of nitrogens with zero attached hydrogens (tertiary/aromatic N) is 1. The van der Waals surface area contributed by atoms with Gasteiger partial charge in [-0.1, -0.05) is 47.5 Å². The number of carbonyl (C=O) groups is 4. The molecule has 0 atom stereocenters. The molecule has 0 aliphatic heterocycles. The lowest BCUT2D eigenvalue weighted by Crippen LogP contribution is -2.38. The first kappa shape index (κ1) is 24.6. The van der Waals surface area contributed by atoms with Crippen LogP contribution in [0.4, 0.5) is 0 Å². The maximum Gasteiger partial charge on any atom is 0.146 e. The second-order valence-electron chi connectivity index (χ2n) is 8.06. The van der Waals surface area contributed by atoms with E-state index in [1.54, 1.807) is 18.7 Å². The van der Waals surface area contributed by atoms with Gasteiger partial charge in [0.15, 0.2) is 0 Å². The molecule has 0 N–H and O–H groups in total. The van der Waals surface area contributed by atoms with Gasteiger partial charge in [-0.15, -0.1) is 0 Å². The fraction of sp³-hybridized carbons (Fsp3) is 0.810. The van der Waals surface area contributed by atoms with Crippen LogP contribution in [0.1, 0.15) is 86.0 Å². The number of unbranched alkanes of at least 4 members (excludes halogenated alkanes) is 3. The van der Waals surface area contributed by atoms with Crippen LogP contribution >= 0.6 is 0 Å². The van der Waals surface area contributed by atoms with Crippen LogP contribution in [0, 0.1) is 5.41 Å².